The van der Waals surface area contributed by atoms with Gasteiger partial charge in [-0.1, -0.05) is 180 Å². The maximum absolute atomic E-state index is 2.44. The second-order valence-corrected chi connectivity index (χ2v) is 13.8. The van der Waals surface area contributed by atoms with Crippen molar-refractivity contribution in [1.82, 2.24) is 0 Å². The van der Waals surface area contributed by atoms with E-state index in [0.717, 1.165) is 0 Å². The van der Waals surface area contributed by atoms with Gasteiger partial charge in [-0.25, -0.2) is 4.57 Å². The first kappa shape index (κ1) is 39.9. The molecule has 0 atom stereocenters. The largest absolute Gasteiger partial charge is 0.205 e. The molecule has 1 heterocycles. The Hall–Kier alpha value is -1.11. The van der Waals surface area contributed by atoms with Gasteiger partial charge in [-0.2, -0.15) is 0 Å². The minimum absolute atomic E-state index is 1.18. The summed E-state index contributed by atoms with van der Waals surface area (Å²) in [5.41, 5.74) is 1.53. The molecule has 1 nitrogen and oxygen atoms in total. The third-order valence-electron chi connectivity index (χ3n) is 9.46. The van der Waals surface area contributed by atoms with Crippen molar-refractivity contribution in [3.8, 4) is 0 Å². The topological polar surface area (TPSA) is 3.88 Å². The minimum Gasteiger partial charge on any atom is -0.205 e. The fourth-order valence-corrected chi connectivity index (χ4v) is 6.40. The van der Waals surface area contributed by atoms with E-state index < -0.39 is 0 Å². The molecule has 0 N–H and O–H groups in total. The smallest absolute Gasteiger partial charge is 0.169 e. The maximum atomic E-state index is 2.44. The van der Waals surface area contributed by atoms with Crippen LogP contribution in [-0.2, 0) is 13.0 Å². The average Bonchev–Trinajstić information content (AvgIpc) is 3.03. The molecule has 0 fully saturated rings. The van der Waals surface area contributed by atoms with E-state index in [1.165, 1.54) is 218 Å². The van der Waals surface area contributed by atoms with Gasteiger partial charge >= 0.3 is 0 Å². The van der Waals surface area contributed by atoms with Crippen molar-refractivity contribution in [2.75, 3.05) is 0 Å². The van der Waals surface area contributed by atoms with E-state index in [1.807, 2.05) is 0 Å². The minimum atomic E-state index is 1.18. The Kier molecular flexibility index (Phi) is 31.4. The maximum Gasteiger partial charge on any atom is 0.169 e. The summed E-state index contributed by atoms with van der Waals surface area (Å²) in [7, 11) is 0. The van der Waals surface area contributed by atoms with Crippen molar-refractivity contribution in [3.63, 3.8) is 0 Å². The molecule has 43 heavy (non-hydrogen) atoms. The van der Waals surface area contributed by atoms with Crippen molar-refractivity contribution >= 4 is 0 Å². The van der Waals surface area contributed by atoms with Gasteiger partial charge in [0.25, 0.3) is 0 Å². The van der Waals surface area contributed by atoms with Gasteiger partial charge < -0.3 is 0 Å². The van der Waals surface area contributed by atoms with E-state index in [9.17, 15) is 0 Å². The monoisotopic (exact) mass is 597 g/mol. The quantitative estimate of drug-likeness (QED) is 0.0423. The molecule has 1 heteroatoms. The van der Waals surface area contributed by atoms with Crippen LogP contribution in [0.5, 0.6) is 0 Å². The summed E-state index contributed by atoms with van der Waals surface area (Å²) in [5, 5.41) is 0. The highest BCUT2D eigenvalue weighted by molar-refractivity contribution is 5.07. The summed E-state index contributed by atoms with van der Waals surface area (Å²) in [6.45, 7) is 5.78. The molecule has 0 aliphatic rings. The molecule has 0 aromatic carbocycles. The lowest BCUT2D eigenvalue weighted by atomic mass is 10.0. The number of rotatable bonds is 34. The van der Waals surface area contributed by atoms with Crippen LogP contribution in [0.3, 0.4) is 0 Å². The molecular formula is C42H78N+. The Morgan fingerprint density at radius 2 is 0.721 bits per heavy atom. The first-order valence-corrected chi connectivity index (χ1v) is 20.0. The number of allylic oxidation sites excluding steroid dienone is 2. The highest BCUT2D eigenvalue weighted by Crippen LogP contribution is 2.15. The summed E-state index contributed by atoms with van der Waals surface area (Å²) in [4.78, 5) is 0. The molecule has 250 valence electrons. The van der Waals surface area contributed by atoms with Crippen LogP contribution in [0.4, 0.5) is 0 Å². The van der Waals surface area contributed by atoms with Gasteiger partial charge in [-0.05, 0) is 50.5 Å². The standard InChI is InChI=1S/C42H78N/c1-3-5-7-9-11-13-15-17-19-21-22-24-26-28-30-32-34-36-42-37-40-43(41-38-42)39-35-33-31-29-27-25-23-20-18-16-14-12-10-8-6-4-2/h18,20,37-38,40-41H,3-17,19,21-36,39H2,1-2H3/q+1/b20-18-. The number of aryl methyl sites for hydroxylation is 2. The molecule has 0 aliphatic heterocycles. The van der Waals surface area contributed by atoms with E-state index in [1.54, 1.807) is 0 Å². The van der Waals surface area contributed by atoms with E-state index in [0.29, 0.717) is 0 Å². The lowest BCUT2D eigenvalue weighted by molar-refractivity contribution is -0.697. The lowest BCUT2D eigenvalue weighted by Gasteiger charge is -2.04. The number of pyridine rings is 1. The molecule has 0 saturated heterocycles. The molecule has 0 unspecified atom stereocenters. The van der Waals surface area contributed by atoms with Crippen LogP contribution < -0.4 is 4.57 Å². The fourth-order valence-electron chi connectivity index (χ4n) is 6.40. The molecule has 0 radical (unpaired) electrons. The van der Waals surface area contributed by atoms with Gasteiger partial charge in [0.05, 0.1) is 0 Å². The second kappa shape index (κ2) is 33.8. The third kappa shape index (κ3) is 29.4. The van der Waals surface area contributed by atoms with Gasteiger partial charge in [-0.15, -0.1) is 0 Å². The summed E-state index contributed by atoms with van der Waals surface area (Å²) >= 11 is 0. The molecular weight excluding hydrogens is 518 g/mol. The first-order chi connectivity index (χ1) is 21.4. The molecule has 0 bridgehead atoms. The molecule has 0 amide bonds. The number of aromatic nitrogens is 1. The van der Waals surface area contributed by atoms with Crippen LogP contribution in [0.25, 0.3) is 0 Å². The fraction of sp³-hybridized carbons (Fsp3) is 0.833. The Morgan fingerprint density at radius 1 is 0.395 bits per heavy atom. The number of hydrogen-bond acceptors (Lipinski definition) is 0. The summed E-state index contributed by atoms with van der Waals surface area (Å²) < 4.78 is 2.40. The normalized spacial score (nSPS) is 11.7. The first-order valence-electron chi connectivity index (χ1n) is 20.0. The second-order valence-electron chi connectivity index (χ2n) is 13.8. The van der Waals surface area contributed by atoms with Gasteiger partial charge in [0.1, 0.15) is 6.54 Å². The number of nitrogens with zero attached hydrogens (tertiary/aromatic N) is 1. The molecule has 1 aromatic heterocycles. The SMILES string of the molecule is CCCCCCCC/C=C\CCCCCCCC[n+]1ccc(CCCCCCCCCCCCCCCCCCC)cc1. The van der Waals surface area contributed by atoms with Crippen molar-refractivity contribution in [3.05, 3.63) is 42.2 Å². The van der Waals surface area contributed by atoms with E-state index >= 15 is 0 Å². The predicted octanol–water partition coefficient (Wildman–Crippen LogP) is 14.2. The van der Waals surface area contributed by atoms with Crippen molar-refractivity contribution in [2.45, 2.75) is 226 Å². The average molecular weight is 597 g/mol. The molecule has 0 saturated carbocycles. The van der Waals surface area contributed by atoms with Crippen LogP contribution in [-0.4, -0.2) is 0 Å². The van der Waals surface area contributed by atoms with E-state index in [-0.39, 0.29) is 0 Å². The summed E-state index contributed by atoms with van der Waals surface area (Å²) in [6, 6.07) is 4.74. The molecule has 1 rings (SSSR count). The van der Waals surface area contributed by atoms with Crippen LogP contribution in [0, 0.1) is 0 Å². The zero-order valence-corrected chi connectivity index (χ0v) is 29.7. The van der Waals surface area contributed by atoms with Gasteiger partial charge in [-0.3, -0.25) is 0 Å². The number of unbranched alkanes of at least 4 members (excludes halogenated alkanes) is 28. The van der Waals surface area contributed by atoms with E-state index in [2.05, 4.69) is 55.1 Å². The zero-order valence-electron chi connectivity index (χ0n) is 29.7. The highest BCUT2D eigenvalue weighted by Gasteiger charge is 2.02. The van der Waals surface area contributed by atoms with Crippen LogP contribution in [0.15, 0.2) is 36.7 Å². The molecule has 1 aromatic rings. The Labute approximate surface area is 272 Å². The van der Waals surface area contributed by atoms with Gasteiger partial charge in [0.15, 0.2) is 12.4 Å². The predicted molar refractivity (Wildman–Crippen MR) is 194 cm³/mol. The highest BCUT2D eigenvalue weighted by atomic mass is 14.9. The summed E-state index contributed by atoms with van der Waals surface area (Å²) in [5.74, 6) is 0. The number of hydrogen-bond donors (Lipinski definition) is 0. The van der Waals surface area contributed by atoms with Crippen molar-refractivity contribution in [1.29, 1.82) is 0 Å². The van der Waals surface area contributed by atoms with Crippen LogP contribution in [0.2, 0.25) is 0 Å². The third-order valence-corrected chi connectivity index (χ3v) is 9.46. The van der Waals surface area contributed by atoms with Crippen LogP contribution >= 0.6 is 0 Å². The Morgan fingerprint density at radius 3 is 1.12 bits per heavy atom. The van der Waals surface area contributed by atoms with Crippen molar-refractivity contribution < 1.29 is 4.57 Å². The summed E-state index contributed by atoms with van der Waals surface area (Å²) in [6.07, 6.45) is 54.7. The lowest BCUT2D eigenvalue weighted by Crippen LogP contribution is -2.32. The Bertz CT molecular complexity index is 675. The van der Waals surface area contributed by atoms with Crippen LogP contribution in [0.1, 0.15) is 218 Å². The van der Waals surface area contributed by atoms with Gasteiger partial charge in [0.2, 0.25) is 0 Å². The zero-order chi connectivity index (χ0) is 30.7. The van der Waals surface area contributed by atoms with Crippen molar-refractivity contribution in [2.24, 2.45) is 0 Å². The molecule has 0 aliphatic carbocycles. The van der Waals surface area contributed by atoms with E-state index in [4.69, 9.17) is 0 Å². The Balaban J connectivity index is 1.82. The molecule has 0 spiro atoms. The van der Waals surface area contributed by atoms with Gasteiger partial charge in [0, 0.05) is 18.6 Å².